The summed E-state index contributed by atoms with van der Waals surface area (Å²) in [6, 6.07) is 0. The van der Waals surface area contributed by atoms with Crippen LogP contribution in [0.3, 0.4) is 0 Å². The van der Waals surface area contributed by atoms with Gasteiger partial charge in [-0.05, 0) is 44.4 Å². The predicted octanol–water partition coefficient (Wildman–Crippen LogP) is 4.24. The molecule has 0 spiro atoms. The van der Waals surface area contributed by atoms with Crippen molar-refractivity contribution < 1.29 is 0 Å². The van der Waals surface area contributed by atoms with Gasteiger partial charge in [-0.3, -0.25) is 0 Å². The first-order valence-corrected chi connectivity index (χ1v) is 5.84. The molecule has 0 heterocycles. The minimum Gasteiger partial charge on any atom is -0.126 e. The molecule has 0 fully saturated rings. The van der Waals surface area contributed by atoms with Crippen molar-refractivity contribution in [2.75, 3.05) is 5.88 Å². The van der Waals surface area contributed by atoms with Gasteiger partial charge in [0.15, 0.2) is 0 Å². The Labute approximate surface area is 87.4 Å². The summed E-state index contributed by atoms with van der Waals surface area (Å²) in [4.78, 5) is 0. The van der Waals surface area contributed by atoms with E-state index in [4.69, 9.17) is 11.6 Å². The van der Waals surface area contributed by atoms with Crippen molar-refractivity contribution in [3.8, 4) is 0 Å². The SMILES string of the molecule is CC1=C(C)[C@H](C)CCC1[C@H](C)CCl. The molecule has 0 N–H and O–H groups in total. The predicted molar refractivity (Wildman–Crippen MR) is 60.1 cm³/mol. The molecule has 0 amide bonds. The second-order valence-electron chi connectivity index (χ2n) is 4.58. The highest BCUT2D eigenvalue weighted by Gasteiger charge is 2.25. The van der Waals surface area contributed by atoms with Gasteiger partial charge in [0, 0.05) is 5.88 Å². The average Bonchev–Trinajstić information content (AvgIpc) is 2.13. The van der Waals surface area contributed by atoms with Crippen molar-refractivity contribution in [2.24, 2.45) is 17.8 Å². The summed E-state index contributed by atoms with van der Waals surface area (Å²) in [5, 5.41) is 0. The van der Waals surface area contributed by atoms with E-state index in [1.807, 2.05) is 0 Å². The maximum absolute atomic E-state index is 5.91. The van der Waals surface area contributed by atoms with E-state index in [0.29, 0.717) is 5.92 Å². The lowest BCUT2D eigenvalue weighted by atomic mass is 9.74. The molecular formula is C12H21Cl. The fourth-order valence-electron chi connectivity index (χ4n) is 2.36. The summed E-state index contributed by atoms with van der Waals surface area (Å²) in [6.45, 7) is 9.18. The van der Waals surface area contributed by atoms with E-state index in [9.17, 15) is 0 Å². The van der Waals surface area contributed by atoms with Crippen molar-refractivity contribution in [3.63, 3.8) is 0 Å². The van der Waals surface area contributed by atoms with Crippen molar-refractivity contribution >= 4 is 11.6 Å². The first kappa shape index (κ1) is 11.1. The maximum Gasteiger partial charge on any atom is 0.0254 e. The second kappa shape index (κ2) is 4.50. The Morgan fingerprint density at radius 1 is 1.31 bits per heavy atom. The van der Waals surface area contributed by atoms with Crippen LogP contribution in [0, 0.1) is 17.8 Å². The third kappa shape index (κ3) is 2.28. The van der Waals surface area contributed by atoms with Crippen molar-refractivity contribution in [1.82, 2.24) is 0 Å². The highest BCUT2D eigenvalue weighted by Crippen LogP contribution is 2.37. The topological polar surface area (TPSA) is 0 Å². The van der Waals surface area contributed by atoms with Crippen LogP contribution in [0.4, 0.5) is 0 Å². The van der Waals surface area contributed by atoms with E-state index in [2.05, 4.69) is 27.7 Å². The lowest BCUT2D eigenvalue weighted by Crippen LogP contribution is -2.22. The van der Waals surface area contributed by atoms with Gasteiger partial charge in [-0.15, -0.1) is 11.6 Å². The molecule has 0 bridgehead atoms. The highest BCUT2D eigenvalue weighted by atomic mass is 35.5. The number of allylic oxidation sites excluding steroid dienone is 2. The molecular weight excluding hydrogens is 180 g/mol. The molecule has 76 valence electrons. The largest absolute Gasteiger partial charge is 0.126 e. The molecule has 0 saturated carbocycles. The fourth-order valence-corrected chi connectivity index (χ4v) is 2.58. The van der Waals surface area contributed by atoms with Gasteiger partial charge in [0.2, 0.25) is 0 Å². The van der Waals surface area contributed by atoms with Crippen LogP contribution in [0.5, 0.6) is 0 Å². The first-order chi connectivity index (χ1) is 6.07. The van der Waals surface area contributed by atoms with Gasteiger partial charge in [-0.2, -0.15) is 0 Å². The summed E-state index contributed by atoms with van der Waals surface area (Å²) in [5.74, 6) is 2.97. The van der Waals surface area contributed by atoms with E-state index in [-0.39, 0.29) is 0 Å². The van der Waals surface area contributed by atoms with Gasteiger partial charge in [-0.1, -0.05) is 25.0 Å². The number of alkyl halides is 1. The Morgan fingerprint density at radius 2 is 1.92 bits per heavy atom. The quantitative estimate of drug-likeness (QED) is 0.462. The lowest BCUT2D eigenvalue weighted by molar-refractivity contribution is 0.353. The Morgan fingerprint density at radius 3 is 2.46 bits per heavy atom. The Kier molecular flexibility index (Phi) is 3.85. The van der Waals surface area contributed by atoms with E-state index in [1.54, 1.807) is 11.1 Å². The summed E-state index contributed by atoms with van der Waals surface area (Å²) >= 11 is 5.91. The summed E-state index contributed by atoms with van der Waals surface area (Å²) < 4.78 is 0. The number of hydrogen-bond acceptors (Lipinski definition) is 0. The molecule has 1 unspecified atom stereocenters. The molecule has 0 saturated heterocycles. The van der Waals surface area contributed by atoms with Crippen molar-refractivity contribution in [3.05, 3.63) is 11.1 Å². The zero-order valence-corrected chi connectivity index (χ0v) is 9.99. The molecule has 1 aliphatic carbocycles. The van der Waals surface area contributed by atoms with Crippen LogP contribution in [-0.4, -0.2) is 5.88 Å². The molecule has 0 nitrogen and oxygen atoms in total. The van der Waals surface area contributed by atoms with Gasteiger partial charge in [0.05, 0.1) is 0 Å². The Hall–Kier alpha value is 0.0300. The van der Waals surface area contributed by atoms with Crippen LogP contribution in [-0.2, 0) is 0 Å². The van der Waals surface area contributed by atoms with Gasteiger partial charge >= 0.3 is 0 Å². The fraction of sp³-hybridized carbons (Fsp3) is 0.833. The molecule has 1 rings (SSSR count). The molecule has 0 aromatic rings. The van der Waals surface area contributed by atoms with Crippen LogP contribution in [0.2, 0.25) is 0 Å². The highest BCUT2D eigenvalue weighted by molar-refractivity contribution is 6.18. The zero-order chi connectivity index (χ0) is 10.0. The Bertz CT molecular complexity index is 205. The molecule has 0 aromatic heterocycles. The molecule has 0 aliphatic heterocycles. The van der Waals surface area contributed by atoms with Gasteiger partial charge in [0.1, 0.15) is 0 Å². The number of hydrogen-bond donors (Lipinski definition) is 0. The third-order valence-corrected chi connectivity index (χ3v) is 4.25. The van der Waals surface area contributed by atoms with Crippen molar-refractivity contribution in [2.45, 2.75) is 40.5 Å². The standard InChI is InChI=1S/C12H21Cl/c1-8-5-6-12(9(2)7-13)11(4)10(8)3/h8-9,12H,5-7H2,1-4H3/t8-,9-,12?/m1/s1. The molecule has 0 aromatic carbocycles. The summed E-state index contributed by atoms with van der Waals surface area (Å²) in [7, 11) is 0. The van der Waals surface area contributed by atoms with Crippen LogP contribution in [0.15, 0.2) is 11.1 Å². The molecule has 13 heavy (non-hydrogen) atoms. The van der Waals surface area contributed by atoms with E-state index in [1.165, 1.54) is 12.8 Å². The van der Waals surface area contributed by atoms with Crippen LogP contribution < -0.4 is 0 Å². The van der Waals surface area contributed by atoms with Gasteiger partial charge in [-0.25, -0.2) is 0 Å². The molecule has 1 heteroatoms. The maximum atomic E-state index is 5.91. The van der Waals surface area contributed by atoms with Crippen LogP contribution >= 0.6 is 11.6 Å². The molecule has 3 atom stereocenters. The first-order valence-electron chi connectivity index (χ1n) is 5.31. The normalized spacial score (nSPS) is 32.1. The number of halogens is 1. The van der Waals surface area contributed by atoms with Crippen LogP contribution in [0.25, 0.3) is 0 Å². The lowest BCUT2D eigenvalue weighted by Gasteiger charge is -2.32. The van der Waals surface area contributed by atoms with E-state index in [0.717, 1.165) is 17.7 Å². The Balaban J connectivity index is 2.79. The smallest absolute Gasteiger partial charge is 0.0254 e. The monoisotopic (exact) mass is 200 g/mol. The van der Waals surface area contributed by atoms with E-state index >= 15 is 0 Å². The summed E-state index contributed by atoms with van der Waals surface area (Å²) in [5.41, 5.74) is 3.21. The second-order valence-corrected chi connectivity index (χ2v) is 4.89. The van der Waals surface area contributed by atoms with Gasteiger partial charge < -0.3 is 0 Å². The van der Waals surface area contributed by atoms with Gasteiger partial charge in [0.25, 0.3) is 0 Å². The third-order valence-electron chi connectivity index (χ3n) is 3.76. The molecule has 1 aliphatic rings. The minimum atomic E-state index is 0.643. The average molecular weight is 201 g/mol. The van der Waals surface area contributed by atoms with Crippen LogP contribution in [0.1, 0.15) is 40.5 Å². The summed E-state index contributed by atoms with van der Waals surface area (Å²) in [6.07, 6.45) is 2.67. The minimum absolute atomic E-state index is 0.643. The van der Waals surface area contributed by atoms with E-state index < -0.39 is 0 Å². The van der Waals surface area contributed by atoms with Crippen molar-refractivity contribution in [1.29, 1.82) is 0 Å². The number of rotatable bonds is 2. The zero-order valence-electron chi connectivity index (χ0n) is 9.23. The molecule has 0 radical (unpaired) electrons.